The smallest absolute Gasteiger partial charge is 0.333 e. The van der Waals surface area contributed by atoms with Gasteiger partial charge in [-0.1, -0.05) is 71.0 Å². The number of carbonyl (C=O) groups excluding carboxylic acids is 2. The molecule has 0 aliphatic heterocycles. The first kappa shape index (κ1) is 36.4. The van der Waals surface area contributed by atoms with Crippen molar-refractivity contribution in [3.8, 4) is 0 Å². The number of thioether (sulfide) groups is 2. The van der Waals surface area contributed by atoms with Gasteiger partial charge in [-0.05, 0) is 71.8 Å². The number of imidazole rings is 2. The largest absolute Gasteiger partial charge is 0.411 e. The maximum absolute atomic E-state index is 14.7. The molecule has 2 heterocycles. The number of aromatic amines is 2. The highest BCUT2D eigenvalue weighted by atomic mass is 35.5. The molecule has 0 saturated carbocycles. The zero-order valence-electron chi connectivity index (χ0n) is 25.5. The van der Waals surface area contributed by atoms with Crippen LogP contribution < -0.4 is 10.6 Å². The minimum Gasteiger partial charge on any atom is -0.333 e. The average molecular weight is 784 g/mol. The van der Waals surface area contributed by atoms with Crippen molar-refractivity contribution in [1.29, 1.82) is 0 Å². The molecule has 264 valence electrons. The number of alkyl halides is 6. The Morgan fingerprint density at radius 3 is 1.33 bits per heavy atom. The molecule has 6 rings (SSSR count). The third-order valence-corrected chi connectivity index (χ3v) is 9.79. The molecule has 51 heavy (non-hydrogen) atoms. The lowest BCUT2D eigenvalue weighted by Crippen LogP contribution is -2.54. The highest BCUT2D eigenvalue weighted by Gasteiger charge is 2.72. The van der Waals surface area contributed by atoms with E-state index in [1.54, 1.807) is 36.4 Å². The van der Waals surface area contributed by atoms with E-state index in [4.69, 9.17) is 23.2 Å². The number of rotatable bonds is 10. The molecule has 4 N–H and O–H groups in total. The molecule has 0 aliphatic carbocycles. The summed E-state index contributed by atoms with van der Waals surface area (Å²) in [5.41, 5.74) is -4.13. The molecular formula is C33H22Cl2F6N6O2S2. The van der Waals surface area contributed by atoms with Gasteiger partial charge in [0.25, 0.3) is 0 Å². The lowest BCUT2D eigenvalue weighted by molar-refractivity contribution is -0.288. The lowest BCUT2D eigenvalue weighted by Gasteiger charge is -2.38. The Labute approximate surface area is 303 Å². The van der Waals surface area contributed by atoms with E-state index in [0.29, 0.717) is 66.7 Å². The molecule has 0 spiro atoms. The number of halogens is 8. The van der Waals surface area contributed by atoms with E-state index < -0.39 is 40.7 Å². The van der Waals surface area contributed by atoms with Crippen LogP contribution in [0.25, 0.3) is 22.1 Å². The molecule has 0 saturated heterocycles. The van der Waals surface area contributed by atoms with E-state index in [1.807, 2.05) is 0 Å². The van der Waals surface area contributed by atoms with Crippen molar-refractivity contribution in [2.24, 2.45) is 0 Å². The van der Waals surface area contributed by atoms with Gasteiger partial charge in [0, 0.05) is 21.4 Å². The monoisotopic (exact) mass is 782 g/mol. The average Bonchev–Trinajstić information content (AvgIpc) is 3.66. The second-order valence-corrected chi connectivity index (χ2v) is 13.8. The van der Waals surface area contributed by atoms with Crippen LogP contribution in [-0.4, -0.2) is 55.6 Å². The molecule has 0 aliphatic rings. The van der Waals surface area contributed by atoms with E-state index in [0.717, 1.165) is 47.8 Å². The van der Waals surface area contributed by atoms with Crippen LogP contribution in [0, 0.1) is 0 Å². The van der Waals surface area contributed by atoms with Crippen LogP contribution >= 0.6 is 46.7 Å². The van der Waals surface area contributed by atoms with Crippen molar-refractivity contribution in [3.63, 3.8) is 0 Å². The van der Waals surface area contributed by atoms with Crippen molar-refractivity contribution < 1.29 is 35.9 Å². The maximum Gasteiger partial charge on any atom is 0.411 e. The van der Waals surface area contributed by atoms with Gasteiger partial charge in [-0.15, -0.1) is 0 Å². The quantitative estimate of drug-likeness (QED) is 0.0813. The van der Waals surface area contributed by atoms with Gasteiger partial charge in [0.1, 0.15) is 0 Å². The number of benzene rings is 4. The summed E-state index contributed by atoms with van der Waals surface area (Å²) in [6, 6.07) is 16.6. The SMILES string of the molecule is O=C(CSc1nc2ccc(Cl)cc2[nH]1)Nc1ccc(C(c2ccc(NC(=O)CSc3nc4ccc(Cl)cc4[nH]3)cc2)(C(F)(F)F)C(F)(F)F)cc1. The fraction of sp³-hybridized carbons (Fsp3) is 0.152. The van der Waals surface area contributed by atoms with Crippen LogP contribution in [0.15, 0.2) is 95.2 Å². The Balaban J connectivity index is 1.14. The van der Waals surface area contributed by atoms with Crippen LogP contribution in [0.1, 0.15) is 11.1 Å². The van der Waals surface area contributed by atoms with Gasteiger partial charge in [0.15, 0.2) is 10.3 Å². The molecule has 4 aromatic carbocycles. The second kappa shape index (κ2) is 14.3. The van der Waals surface area contributed by atoms with Gasteiger partial charge in [0.2, 0.25) is 17.2 Å². The Hall–Kier alpha value is -4.38. The molecule has 0 radical (unpaired) electrons. The Morgan fingerprint density at radius 2 is 0.980 bits per heavy atom. The number of carbonyl (C=O) groups is 2. The van der Waals surface area contributed by atoms with Gasteiger partial charge in [-0.25, -0.2) is 9.97 Å². The zero-order valence-corrected chi connectivity index (χ0v) is 28.7. The minimum atomic E-state index is -5.83. The number of H-pyrrole nitrogens is 2. The van der Waals surface area contributed by atoms with Gasteiger partial charge in [-0.3, -0.25) is 9.59 Å². The van der Waals surface area contributed by atoms with E-state index in [1.165, 1.54) is 0 Å². The van der Waals surface area contributed by atoms with Crippen molar-refractivity contribution in [2.45, 2.75) is 28.1 Å². The summed E-state index contributed by atoms with van der Waals surface area (Å²) < 4.78 is 88.1. The third-order valence-electron chi connectivity index (χ3n) is 7.58. The van der Waals surface area contributed by atoms with Crippen LogP contribution in [0.5, 0.6) is 0 Å². The predicted octanol–water partition coefficient (Wildman–Crippen LogP) is 9.62. The fourth-order valence-electron chi connectivity index (χ4n) is 5.30. The number of nitrogens with one attached hydrogen (secondary N) is 4. The number of fused-ring (bicyclic) bond motifs is 2. The molecule has 2 aromatic heterocycles. The summed E-state index contributed by atoms with van der Waals surface area (Å²) >= 11 is 14.0. The van der Waals surface area contributed by atoms with Gasteiger partial charge in [-0.2, -0.15) is 26.3 Å². The number of hydrogen-bond donors (Lipinski definition) is 4. The van der Waals surface area contributed by atoms with Crippen LogP contribution in [0.4, 0.5) is 37.7 Å². The number of amides is 2. The molecule has 0 bridgehead atoms. The van der Waals surface area contributed by atoms with Crippen molar-refractivity contribution in [2.75, 3.05) is 22.1 Å². The standard InChI is InChI=1S/C33H22Cl2F6N6O2S2/c34-19-5-11-23-25(13-19)46-29(44-23)50-15-27(48)42-21-7-1-17(2-8-21)31(32(36,37)38,33(39,40)41)18-3-9-22(10-4-18)43-28(49)16-51-30-45-24-12-6-20(35)14-26(24)47-30/h1-14H,15-16H2,(H,42,48)(H,43,49)(H,44,46)(H,45,47). The summed E-state index contributed by atoms with van der Waals surface area (Å²) in [6.07, 6.45) is -11.7. The summed E-state index contributed by atoms with van der Waals surface area (Å²) in [5.74, 6) is -1.44. The van der Waals surface area contributed by atoms with Crippen LogP contribution in [-0.2, 0) is 15.0 Å². The molecule has 8 nitrogen and oxygen atoms in total. The number of hydrogen-bond acceptors (Lipinski definition) is 6. The first-order chi connectivity index (χ1) is 24.1. The number of anilines is 2. The van der Waals surface area contributed by atoms with Gasteiger partial charge >= 0.3 is 12.4 Å². The van der Waals surface area contributed by atoms with E-state index in [9.17, 15) is 35.9 Å². The molecule has 0 atom stereocenters. The van der Waals surface area contributed by atoms with Crippen LogP contribution in [0.3, 0.4) is 0 Å². The summed E-state index contributed by atoms with van der Waals surface area (Å²) in [5, 5.41) is 6.74. The number of nitrogens with zero attached hydrogens (tertiary/aromatic N) is 2. The van der Waals surface area contributed by atoms with E-state index in [2.05, 4.69) is 30.6 Å². The zero-order chi connectivity index (χ0) is 36.6. The van der Waals surface area contributed by atoms with Crippen molar-refractivity contribution in [3.05, 3.63) is 106 Å². The Kier molecular flexibility index (Phi) is 10.2. The Morgan fingerprint density at radius 1 is 0.608 bits per heavy atom. The third kappa shape index (κ3) is 7.78. The number of aromatic nitrogens is 4. The minimum absolute atomic E-state index is 0.0126. The molecule has 0 unspecified atom stereocenters. The van der Waals surface area contributed by atoms with Crippen molar-refractivity contribution >= 4 is 92.0 Å². The molecule has 18 heteroatoms. The van der Waals surface area contributed by atoms with Crippen molar-refractivity contribution in [1.82, 2.24) is 19.9 Å². The summed E-state index contributed by atoms with van der Waals surface area (Å²) in [4.78, 5) is 39.7. The molecule has 0 fully saturated rings. The normalized spacial score (nSPS) is 12.4. The molecule has 6 aromatic rings. The molecule has 2 amide bonds. The van der Waals surface area contributed by atoms with E-state index in [-0.39, 0.29) is 22.9 Å². The van der Waals surface area contributed by atoms with E-state index >= 15 is 0 Å². The summed E-state index contributed by atoms with van der Waals surface area (Å²) in [7, 11) is 0. The Bertz CT molecular complexity index is 2070. The van der Waals surface area contributed by atoms with Gasteiger partial charge in [0.05, 0.1) is 33.6 Å². The second-order valence-electron chi connectivity index (χ2n) is 11.0. The topological polar surface area (TPSA) is 116 Å². The fourth-order valence-corrected chi connectivity index (χ4v) is 7.02. The first-order valence-electron chi connectivity index (χ1n) is 14.6. The molecular weight excluding hydrogens is 761 g/mol. The summed E-state index contributed by atoms with van der Waals surface area (Å²) in [6.45, 7) is 0. The lowest BCUT2D eigenvalue weighted by atomic mass is 9.73. The van der Waals surface area contributed by atoms with Crippen LogP contribution in [0.2, 0.25) is 10.0 Å². The first-order valence-corrected chi connectivity index (χ1v) is 17.4. The highest BCUT2D eigenvalue weighted by molar-refractivity contribution is 8.00. The highest BCUT2D eigenvalue weighted by Crippen LogP contribution is 2.56. The van der Waals surface area contributed by atoms with Gasteiger partial charge < -0.3 is 20.6 Å². The maximum atomic E-state index is 14.7. The predicted molar refractivity (Wildman–Crippen MR) is 187 cm³/mol.